The SMILES string of the molecule is O=C(NNCCc1ccc(Cl)cc1Cl)[C@@]1(CCS(=O)(=O)c2ccccc2)N=C(c2ccc(OCCCO)cc2)O[C@H]1c1ccccc1Br. The summed E-state index contributed by atoms with van der Waals surface area (Å²) in [7, 11) is -3.80. The van der Waals surface area contributed by atoms with Gasteiger partial charge in [-0.1, -0.05) is 81.6 Å². The van der Waals surface area contributed by atoms with Crippen molar-refractivity contribution in [3.05, 3.63) is 128 Å². The zero-order valence-electron chi connectivity index (χ0n) is 25.7. The molecule has 0 radical (unpaired) electrons. The Morgan fingerprint density at radius 2 is 1.73 bits per heavy atom. The summed E-state index contributed by atoms with van der Waals surface area (Å²) in [4.78, 5) is 19.4. The third kappa shape index (κ3) is 8.58. The Hall–Kier alpha value is -3.45. The van der Waals surface area contributed by atoms with E-state index in [1.54, 1.807) is 54.6 Å². The van der Waals surface area contributed by atoms with Crippen LogP contribution in [0.5, 0.6) is 5.75 Å². The summed E-state index contributed by atoms with van der Waals surface area (Å²) in [5.41, 5.74) is 6.09. The number of hydrazine groups is 1. The Morgan fingerprint density at radius 1 is 1.00 bits per heavy atom. The van der Waals surface area contributed by atoms with E-state index in [0.29, 0.717) is 57.4 Å². The predicted molar refractivity (Wildman–Crippen MR) is 190 cm³/mol. The number of nitrogens with one attached hydrogen (secondary N) is 2. The van der Waals surface area contributed by atoms with Gasteiger partial charge in [-0.3, -0.25) is 10.2 Å². The van der Waals surface area contributed by atoms with Crippen LogP contribution in [0, 0.1) is 0 Å². The van der Waals surface area contributed by atoms with Crippen molar-refractivity contribution in [3.63, 3.8) is 0 Å². The summed E-state index contributed by atoms with van der Waals surface area (Å²) in [6.45, 7) is 0.696. The first-order valence-electron chi connectivity index (χ1n) is 15.2. The van der Waals surface area contributed by atoms with Gasteiger partial charge in [0, 0.05) is 51.6 Å². The molecule has 0 saturated carbocycles. The highest BCUT2D eigenvalue weighted by Crippen LogP contribution is 2.45. The lowest BCUT2D eigenvalue weighted by Gasteiger charge is -2.31. The maximum atomic E-state index is 14.4. The molecule has 3 N–H and O–H groups in total. The van der Waals surface area contributed by atoms with Crippen LogP contribution in [0.25, 0.3) is 0 Å². The number of carbonyl (C=O) groups is 1. The van der Waals surface area contributed by atoms with Crippen LogP contribution in [0.2, 0.25) is 10.0 Å². The van der Waals surface area contributed by atoms with Crippen molar-refractivity contribution >= 4 is 60.8 Å². The lowest BCUT2D eigenvalue weighted by molar-refractivity contribution is -0.130. The van der Waals surface area contributed by atoms with Gasteiger partial charge in [0.15, 0.2) is 21.5 Å². The van der Waals surface area contributed by atoms with Gasteiger partial charge in [-0.25, -0.2) is 18.8 Å². The molecule has 0 saturated heterocycles. The molecule has 4 aromatic rings. The van der Waals surface area contributed by atoms with E-state index in [-0.39, 0.29) is 29.6 Å². The monoisotopic (exact) mass is 773 g/mol. The van der Waals surface area contributed by atoms with Crippen LogP contribution in [0.15, 0.2) is 111 Å². The van der Waals surface area contributed by atoms with E-state index in [1.807, 2.05) is 30.3 Å². The summed E-state index contributed by atoms with van der Waals surface area (Å²) in [6, 6.07) is 27.6. The Balaban J connectivity index is 1.48. The molecule has 0 bridgehead atoms. The molecular formula is C35H34BrCl2N3O6S. The van der Waals surface area contributed by atoms with Crippen LogP contribution >= 0.6 is 39.1 Å². The second-order valence-corrected chi connectivity index (χ2v) is 14.9. The molecule has 5 rings (SSSR count). The van der Waals surface area contributed by atoms with Crippen LogP contribution in [0.4, 0.5) is 0 Å². The largest absolute Gasteiger partial charge is 0.494 e. The molecule has 4 aromatic carbocycles. The number of hydrogen-bond donors (Lipinski definition) is 3. The van der Waals surface area contributed by atoms with E-state index in [2.05, 4.69) is 26.8 Å². The zero-order valence-corrected chi connectivity index (χ0v) is 29.7. The lowest BCUT2D eigenvalue weighted by Crippen LogP contribution is -2.53. The Labute approximate surface area is 298 Å². The number of ether oxygens (including phenoxy) is 2. The zero-order chi connectivity index (χ0) is 34.1. The first-order valence-corrected chi connectivity index (χ1v) is 18.4. The third-order valence-corrected chi connectivity index (χ3v) is 10.8. The van der Waals surface area contributed by atoms with Gasteiger partial charge in [-0.05, 0) is 66.6 Å². The number of nitrogens with zero attached hydrogens (tertiary/aromatic N) is 1. The molecule has 48 heavy (non-hydrogen) atoms. The standard InChI is InChI=1S/C35H34BrCl2N3O6S/c36-30-10-5-4-9-29(30)32-35(18-22-48(44,45)28-7-2-1-3-8-28,34(43)41-39-19-17-24-11-14-26(37)23-31(24)38)40-33(47-32)25-12-15-27(16-13-25)46-21-6-20-42/h1-5,7-16,23,32,39,42H,6,17-22H2,(H,41,43)/t32-,35-/m0/s1. The highest BCUT2D eigenvalue weighted by molar-refractivity contribution is 9.10. The van der Waals surface area contributed by atoms with Crippen LogP contribution in [0.3, 0.4) is 0 Å². The fraction of sp³-hybridized carbons (Fsp3) is 0.257. The van der Waals surface area contributed by atoms with Crippen molar-refractivity contribution in [2.24, 2.45) is 4.99 Å². The van der Waals surface area contributed by atoms with Crippen molar-refractivity contribution < 1.29 is 27.8 Å². The number of amides is 1. The van der Waals surface area contributed by atoms with Crippen LogP contribution in [0.1, 0.15) is 35.6 Å². The summed E-state index contributed by atoms with van der Waals surface area (Å²) in [5.74, 6) is -0.162. The number of rotatable bonds is 15. The summed E-state index contributed by atoms with van der Waals surface area (Å²) in [6.07, 6.45) is -0.187. The van der Waals surface area contributed by atoms with Gasteiger partial charge in [0.1, 0.15) is 5.75 Å². The fourth-order valence-electron chi connectivity index (χ4n) is 5.24. The van der Waals surface area contributed by atoms with Gasteiger partial charge in [-0.2, -0.15) is 0 Å². The van der Waals surface area contributed by atoms with Gasteiger partial charge >= 0.3 is 0 Å². The summed E-state index contributed by atoms with van der Waals surface area (Å²) < 4.78 is 39.9. The highest BCUT2D eigenvalue weighted by atomic mass is 79.9. The van der Waals surface area contributed by atoms with Crippen molar-refractivity contribution in [1.29, 1.82) is 0 Å². The van der Waals surface area contributed by atoms with E-state index in [1.165, 1.54) is 12.1 Å². The maximum absolute atomic E-state index is 14.4. The number of carbonyl (C=O) groups excluding carboxylic acids is 1. The van der Waals surface area contributed by atoms with Gasteiger partial charge in [0.05, 0.1) is 17.3 Å². The topological polar surface area (TPSA) is 126 Å². The number of hydrogen-bond acceptors (Lipinski definition) is 8. The molecular weight excluding hydrogens is 741 g/mol. The van der Waals surface area contributed by atoms with Gasteiger partial charge in [0.2, 0.25) is 5.90 Å². The molecule has 9 nitrogen and oxygen atoms in total. The minimum atomic E-state index is -3.80. The van der Waals surface area contributed by atoms with E-state index in [0.717, 1.165) is 5.56 Å². The lowest BCUT2D eigenvalue weighted by atomic mass is 9.85. The minimum absolute atomic E-state index is 0.0209. The third-order valence-electron chi connectivity index (χ3n) is 7.81. The Bertz CT molecular complexity index is 1860. The smallest absolute Gasteiger partial charge is 0.266 e. The van der Waals surface area contributed by atoms with E-state index in [9.17, 15) is 13.2 Å². The van der Waals surface area contributed by atoms with E-state index < -0.39 is 27.4 Å². The molecule has 0 aromatic heterocycles. The average Bonchev–Trinajstić information content (AvgIpc) is 3.48. The molecule has 0 aliphatic carbocycles. The van der Waals surface area contributed by atoms with Crippen molar-refractivity contribution in [2.75, 3.05) is 25.5 Å². The molecule has 1 aliphatic rings. The number of halogens is 3. The van der Waals surface area contributed by atoms with E-state index in [4.69, 9.17) is 42.8 Å². The summed E-state index contributed by atoms with van der Waals surface area (Å²) in [5, 5.41) is 10.1. The molecule has 252 valence electrons. The molecule has 2 atom stereocenters. The molecule has 1 aliphatic heterocycles. The molecule has 0 unspecified atom stereocenters. The number of sulfone groups is 1. The number of benzene rings is 4. The number of aliphatic imine (C=N–C) groups is 1. The predicted octanol–water partition coefficient (Wildman–Crippen LogP) is 6.50. The van der Waals surface area contributed by atoms with Gasteiger partial charge in [0.25, 0.3) is 5.91 Å². The quantitative estimate of drug-likeness (QED) is 0.0930. The van der Waals surface area contributed by atoms with Gasteiger partial charge in [-0.15, -0.1) is 0 Å². The van der Waals surface area contributed by atoms with Crippen LogP contribution in [-0.2, 0) is 25.8 Å². The van der Waals surface area contributed by atoms with Crippen LogP contribution < -0.4 is 15.6 Å². The normalized spacial score (nSPS) is 17.4. The fourth-order valence-corrected chi connectivity index (χ4v) is 7.63. The Kier molecular flexibility index (Phi) is 12.2. The average molecular weight is 776 g/mol. The van der Waals surface area contributed by atoms with Crippen LogP contribution in [-0.4, -0.2) is 56.4 Å². The van der Waals surface area contributed by atoms with E-state index >= 15 is 0 Å². The number of aliphatic hydroxyl groups is 1. The highest BCUT2D eigenvalue weighted by Gasteiger charge is 2.54. The van der Waals surface area contributed by atoms with Crippen molar-refractivity contribution in [3.8, 4) is 5.75 Å². The molecule has 0 spiro atoms. The second-order valence-electron chi connectivity index (χ2n) is 11.1. The van der Waals surface area contributed by atoms with Crippen molar-refractivity contribution in [1.82, 2.24) is 10.9 Å². The molecule has 0 fully saturated rings. The molecule has 1 heterocycles. The first-order chi connectivity index (χ1) is 23.1. The first kappa shape index (κ1) is 35.8. The van der Waals surface area contributed by atoms with Gasteiger partial charge < -0.3 is 14.6 Å². The molecule has 13 heteroatoms. The minimum Gasteiger partial charge on any atom is -0.494 e. The number of aliphatic hydroxyl groups excluding tert-OH is 1. The second kappa shape index (κ2) is 16.3. The Morgan fingerprint density at radius 3 is 2.44 bits per heavy atom. The molecule has 1 amide bonds. The summed E-state index contributed by atoms with van der Waals surface area (Å²) >= 11 is 16.0. The van der Waals surface area contributed by atoms with Crippen molar-refractivity contribution in [2.45, 2.75) is 35.8 Å². The maximum Gasteiger partial charge on any atom is 0.266 e.